The fourth-order valence-corrected chi connectivity index (χ4v) is 6.37. The molecule has 0 fully saturated rings. The van der Waals surface area contributed by atoms with E-state index in [-0.39, 0.29) is 10.9 Å². The van der Waals surface area contributed by atoms with Gasteiger partial charge in [-0.3, -0.25) is 0 Å². The van der Waals surface area contributed by atoms with Crippen LogP contribution in [0.5, 0.6) is 0 Å². The number of carboxylic acids is 1. The van der Waals surface area contributed by atoms with Gasteiger partial charge in [-0.2, -0.15) is 0 Å². The topological polar surface area (TPSA) is 40.1 Å². The van der Waals surface area contributed by atoms with E-state index in [9.17, 15) is 0 Å². The number of aryl methyl sites for hydroxylation is 3. The van der Waals surface area contributed by atoms with Gasteiger partial charge in [0.05, 0.1) is 10.9 Å². The van der Waals surface area contributed by atoms with Crippen LogP contribution in [0.25, 0.3) is 0 Å². The van der Waals surface area contributed by atoms with Gasteiger partial charge in [0.1, 0.15) is 0 Å². The van der Waals surface area contributed by atoms with Crippen molar-refractivity contribution in [2.45, 2.75) is 80.9 Å². The molecule has 3 aromatic rings. The van der Waals surface area contributed by atoms with E-state index in [1.165, 1.54) is 41.0 Å². The van der Waals surface area contributed by atoms with Crippen LogP contribution in [0, 0.1) is 0 Å². The number of aliphatic carboxylic acids is 1. The van der Waals surface area contributed by atoms with E-state index in [0.29, 0.717) is 0 Å². The van der Waals surface area contributed by atoms with Crippen molar-refractivity contribution in [3.63, 3.8) is 0 Å². The van der Waals surface area contributed by atoms with E-state index in [4.69, 9.17) is 9.90 Å². The van der Waals surface area contributed by atoms with Crippen LogP contribution in [-0.4, -0.2) is 5.97 Å². The predicted octanol–water partition coefficient (Wildman–Crippen LogP) is 6.40. The summed E-state index contributed by atoms with van der Waals surface area (Å²) in [5.74, 6) is -1.08. The van der Waals surface area contributed by atoms with Crippen LogP contribution in [0.15, 0.2) is 87.5 Å². The maximum absolute atomic E-state index is 8.89. The Morgan fingerprint density at radius 2 is 1.09 bits per heavy atom. The molecule has 3 heteroatoms. The normalized spacial score (nSPS) is 10.5. The van der Waals surface area contributed by atoms with Crippen LogP contribution in [0.3, 0.4) is 0 Å². The second-order valence-electron chi connectivity index (χ2n) is 7.92. The molecule has 0 aliphatic rings. The van der Waals surface area contributed by atoms with Gasteiger partial charge in [-0.05, 0) is 56.0 Å². The first kappa shape index (κ1) is 25.7. The minimum Gasteiger partial charge on any atom is -0.550 e. The Balaban J connectivity index is 0.000000837. The fraction of sp³-hybridized carbons (Fsp3) is 0.345. The summed E-state index contributed by atoms with van der Waals surface area (Å²) in [4.78, 5) is 13.3. The van der Waals surface area contributed by atoms with Crippen molar-refractivity contribution in [1.82, 2.24) is 0 Å². The maximum atomic E-state index is 8.89. The zero-order valence-electron chi connectivity index (χ0n) is 19.9. The third-order valence-corrected chi connectivity index (χ3v) is 7.46. The Kier molecular flexibility index (Phi) is 11.1. The van der Waals surface area contributed by atoms with E-state index < -0.39 is 5.97 Å². The van der Waals surface area contributed by atoms with E-state index in [1.807, 2.05) is 0 Å². The summed E-state index contributed by atoms with van der Waals surface area (Å²) in [5.41, 5.74) is 4.64. The summed E-state index contributed by atoms with van der Waals surface area (Å²) >= 11 is 0. The molecule has 0 bridgehead atoms. The van der Waals surface area contributed by atoms with Crippen molar-refractivity contribution in [1.29, 1.82) is 0 Å². The number of carbonyl (C=O) groups excluding carboxylic acids is 1. The Bertz CT molecular complexity index is 881. The molecule has 0 saturated heterocycles. The third-order valence-electron chi connectivity index (χ3n) is 5.04. The Hall–Kier alpha value is -2.52. The number of carboxylic acid groups (broad SMARTS) is 1. The minimum atomic E-state index is -1.08. The summed E-state index contributed by atoms with van der Waals surface area (Å²) in [6.07, 6.45) is 7.08. The lowest BCUT2D eigenvalue weighted by atomic mass is 9.97. The van der Waals surface area contributed by atoms with E-state index in [0.717, 1.165) is 19.8 Å². The highest BCUT2D eigenvalue weighted by molar-refractivity contribution is 7.97. The highest BCUT2D eigenvalue weighted by atomic mass is 32.2. The zero-order chi connectivity index (χ0) is 23.3. The zero-order valence-corrected chi connectivity index (χ0v) is 20.7. The van der Waals surface area contributed by atoms with E-state index in [1.54, 1.807) is 16.0 Å². The van der Waals surface area contributed by atoms with Gasteiger partial charge >= 0.3 is 0 Å². The molecule has 0 heterocycles. The molecule has 0 aliphatic heterocycles. The summed E-state index contributed by atoms with van der Waals surface area (Å²) in [7, 11) is -0.0529. The second-order valence-corrected chi connectivity index (χ2v) is 9.88. The summed E-state index contributed by atoms with van der Waals surface area (Å²) in [6.45, 7) is 7.86. The first-order valence-electron chi connectivity index (χ1n) is 11.7. The molecule has 0 unspecified atom stereocenters. The highest BCUT2D eigenvalue weighted by Crippen LogP contribution is 2.37. The molecule has 0 saturated carbocycles. The summed E-state index contributed by atoms with van der Waals surface area (Å²) < 4.78 is 0. The van der Waals surface area contributed by atoms with Crippen LogP contribution >= 0.6 is 0 Å². The van der Waals surface area contributed by atoms with Gasteiger partial charge in [0.2, 0.25) is 0 Å². The molecule has 3 aromatic carbocycles. The smallest absolute Gasteiger partial charge is 0.172 e. The lowest BCUT2D eigenvalue weighted by Crippen LogP contribution is -2.16. The standard InChI is InChI=1S/C27H33S.C2H4O2/c1-4-13-22-20-23(14-5-2)27(24(21-22)15-6-3)28(25-16-9-7-10-17-25)26-18-11-8-12-19-26;1-2(3)4/h7-12,16-21H,4-6,13-15H2,1-3H3;1H3,(H,3,4)/q+1;/p-1. The Morgan fingerprint density at radius 1 is 0.719 bits per heavy atom. The largest absolute Gasteiger partial charge is 0.550 e. The maximum Gasteiger partial charge on any atom is 0.172 e. The molecule has 0 spiro atoms. The lowest BCUT2D eigenvalue weighted by molar-refractivity contribution is -0.302. The van der Waals surface area contributed by atoms with E-state index >= 15 is 0 Å². The van der Waals surface area contributed by atoms with E-state index in [2.05, 4.69) is 93.6 Å². The van der Waals surface area contributed by atoms with Gasteiger partial charge in [0.15, 0.2) is 14.7 Å². The summed E-state index contributed by atoms with van der Waals surface area (Å²) in [6, 6.07) is 27.2. The monoisotopic (exact) mass is 448 g/mol. The Labute approximate surface area is 197 Å². The molecule has 0 aliphatic carbocycles. The molecule has 0 amide bonds. The first-order chi connectivity index (χ1) is 15.5. The second kappa shape index (κ2) is 13.8. The molecular weight excluding hydrogens is 412 g/mol. The number of benzene rings is 3. The molecule has 0 aromatic heterocycles. The predicted molar refractivity (Wildman–Crippen MR) is 134 cm³/mol. The van der Waals surface area contributed by atoms with Crippen molar-refractivity contribution < 1.29 is 9.90 Å². The average Bonchev–Trinajstić information content (AvgIpc) is 2.77. The van der Waals surface area contributed by atoms with Crippen molar-refractivity contribution in [3.8, 4) is 0 Å². The number of hydrogen-bond donors (Lipinski definition) is 0. The van der Waals surface area contributed by atoms with Crippen LogP contribution in [0.2, 0.25) is 0 Å². The molecule has 0 radical (unpaired) electrons. The van der Waals surface area contributed by atoms with Gasteiger partial charge in [-0.15, -0.1) is 0 Å². The van der Waals surface area contributed by atoms with Gasteiger partial charge < -0.3 is 9.90 Å². The third kappa shape index (κ3) is 7.56. The van der Waals surface area contributed by atoms with Crippen LogP contribution in [0.1, 0.15) is 63.6 Å². The van der Waals surface area contributed by atoms with Crippen molar-refractivity contribution in [3.05, 3.63) is 89.5 Å². The molecule has 32 heavy (non-hydrogen) atoms. The van der Waals surface area contributed by atoms with Crippen LogP contribution < -0.4 is 5.11 Å². The molecule has 0 atom stereocenters. The van der Waals surface area contributed by atoms with Crippen LogP contribution in [-0.2, 0) is 35.0 Å². The highest BCUT2D eigenvalue weighted by Gasteiger charge is 2.33. The molecule has 0 N–H and O–H groups in total. The van der Waals surface area contributed by atoms with Gasteiger partial charge in [-0.1, -0.05) is 88.6 Å². The number of hydrogen-bond acceptors (Lipinski definition) is 2. The SMILES string of the molecule is CC(=O)[O-].CCCc1cc(CCC)c([S+](c2ccccc2)c2ccccc2)c(CCC)c1. The molecule has 3 rings (SSSR count). The molecule has 2 nitrogen and oxygen atoms in total. The van der Waals surface area contributed by atoms with Crippen molar-refractivity contribution in [2.75, 3.05) is 0 Å². The minimum absolute atomic E-state index is 0.0529. The average molecular weight is 449 g/mol. The summed E-state index contributed by atoms with van der Waals surface area (Å²) in [5, 5.41) is 8.89. The quantitative estimate of drug-likeness (QED) is 0.356. The van der Waals surface area contributed by atoms with Crippen molar-refractivity contribution >= 4 is 16.9 Å². The van der Waals surface area contributed by atoms with Gasteiger partial charge in [0.25, 0.3) is 0 Å². The van der Waals surface area contributed by atoms with Crippen molar-refractivity contribution in [2.24, 2.45) is 0 Å². The Morgan fingerprint density at radius 3 is 1.44 bits per heavy atom. The lowest BCUT2D eigenvalue weighted by Gasteiger charge is -2.17. The number of carbonyl (C=O) groups is 1. The van der Waals surface area contributed by atoms with Gasteiger partial charge in [-0.25, -0.2) is 0 Å². The molecular formula is C29H36O2S. The van der Waals surface area contributed by atoms with Gasteiger partial charge in [0, 0.05) is 17.1 Å². The van der Waals surface area contributed by atoms with Crippen LogP contribution in [0.4, 0.5) is 0 Å². The number of rotatable bonds is 9. The first-order valence-corrected chi connectivity index (χ1v) is 12.9. The fourth-order valence-electron chi connectivity index (χ4n) is 3.92. The molecule has 170 valence electrons.